The highest BCUT2D eigenvalue weighted by molar-refractivity contribution is 7.09. The predicted octanol–water partition coefficient (Wildman–Crippen LogP) is 1.24. The molecule has 0 aliphatic carbocycles. The Balaban J connectivity index is 1.96. The fourth-order valence-electron chi connectivity index (χ4n) is 1.47. The molecule has 18 heavy (non-hydrogen) atoms. The Hall–Kier alpha value is -1.79. The number of carbonyl (C=O) groups is 1. The van der Waals surface area contributed by atoms with Gasteiger partial charge in [-0.2, -0.15) is 0 Å². The van der Waals surface area contributed by atoms with Crippen molar-refractivity contribution in [3.63, 3.8) is 0 Å². The van der Waals surface area contributed by atoms with Crippen LogP contribution in [0.4, 0.5) is 0 Å². The molecule has 1 amide bonds. The van der Waals surface area contributed by atoms with E-state index in [1.807, 2.05) is 25.1 Å². The maximum Gasteiger partial charge on any atom is 0.271 e. The summed E-state index contributed by atoms with van der Waals surface area (Å²) in [6, 6.07) is 5.71. The van der Waals surface area contributed by atoms with E-state index in [-0.39, 0.29) is 5.91 Å². The topological polar surface area (TPSA) is 80.9 Å². The van der Waals surface area contributed by atoms with Crippen molar-refractivity contribution in [2.24, 2.45) is 5.73 Å². The third kappa shape index (κ3) is 3.12. The lowest BCUT2D eigenvalue weighted by Crippen LogP contribution is -2.23. The average Bonchev–Trinajstić information content (AvgIpc) is 2.85. The fraction of sp³-hybridized carbons (Fsp3) is 0.250. The summed E-state index contributed by atoms with van der Waals surface area (Å²) in [6.07, 6.45) is 0. The molecule has 0 bridgehead atoms. The van der Waals surface area contributed by atoms with Crippen LogP contribution in [0.3, 0.4) is 0 Å². The van der Waals surface area contributed by atoms with Gasteiger partial charge in [0.1, 0.15) is 10.7 Å². The quantitative estimate of drug-likeness (QED) is 0.868. The van der Waals surface area contributed by atoms with E-state index in [9.17, 15) is 4.79 Å². The highest BCUT2D eigenvalue weighted by Gasteiger charge is 2.09. The second-order valence-corrected chi connectivity index (χ2v) is 4.73. The second-order valence-electron chi connectivity index (χ2n) is 3.78. The summed E-state index contributed by atoms with van der Waals surface area (Å²) in [5, 5.41) is 5.25. The third-order valence-electron chi connectivity index (χ3n) is 2.34. The standard InChI is InChI=1S/C12H14N4OS/c1-8-3-2-4-9(15-8)6-14-12(17)10-7-18-11(5-13)16-10/h2-4,7H,5-6,13H2,1H3,(H,14,17). The summed E-state index contributed by atoms with van der Waals surface area (Å²) in [4.78, 5) is 20.2. The fourth-order valence-corrected chi connectivity index (χ4v) is 2.12. The van der Waals surface area contributed by atoms with Gasteiger partial charge in [0.05, 0.1) is 12.2 Å². The van der Waals surface area contributed by atoms with Crippen molar-refractivity contribution < 1.29 is 4.79 Å². The van der Waals surface area contributed by atoms with Crippen molar-refractivity contribution in [3.05, 3.63) is 45.7 Å². The van der Waals surface area contributed by atoms with Crippen LogP contribution < -0.4 is 11.1 Å². The van der Waals surface area contributed by atoms with Crippen LogP contribution in [0.5, 0.6) is 0 Å². The van der Waals surface area contributed by atoms with Crippen LogP contribution in [0.1, 0.15) is 26.9 Å². The molecule has 2 aromatic heterocycles. The van der Waals surface area contributed by atoms with E-state index < -0.39 is 0 Å². The lowest BCUT2D eigenvalue weighted by atomic mass is 10.3. The van der Waals surface area contributed by atoms with E-state index in [0.29, 0.717) is 18.8 Å². The molecular formula is C12H14N4OS. The molecular weight excluding hydrogens is 248 g/mol. The molecule has 5 nitrogen and oxygen atoms in total. The lowest BCUT2D eigenvalue weighted by Gasteiger charge is -2.03. The van der Waals surface area contributed by atoms with Crippen LogP contribution in [0, 0.1) is 6.92 Å². The third-order valence-corrected chi connectivity index (χ3v) is 3.21. The Morgan fingerprint density at radius 2 is 2.28 bits per heavy atom. The number of rotatable bonds is 4. The van der Waals surface area contributed by atoms with Crippen LogP contribution in [0.25, 0.3) is 0 Å². The van der Waals surface area contributed by atoms with E-state index in [0.717, 1.165) is 16.4 Å². The molecule has 0 saturated carbocycles. The van der Waals surface area contributed by atoms with Gasteiger partial charge in [0.25, 0.3) is 5.91 Å². The number of aryl methyl sites for hydroxylation is 1. The Bertz CT molecular complexity index is 553. The van der Waals surface area contributed by atoms with E-state index in [1.54, 1.807) is 5.38 Å². The number of carbonyl (C=O) groups excluding carboxylic acids is 1. The molecule has 0 spiro atoms. The van der Waals surface area contributed by atoms with Crippen molar-refractivity contribution in [1.82, 2.24) is 15.3 Å². The van der Waals surface area contributed by atoms with Crippen LogP contribution in [-0.4, -0.2) is 15.9 Å². The minimum absolute atomic E-state index is 0.200. The highest BCUT2D eigenvalue weighted by atomic mass is 32.1. The zero-order chi connectivity index (χ0) is 13.0. The molecule has 0 aromatic carbocycles. The van der Waals surface area contributed by atoms with Crippen LogP contribution >= 0.6 is 11.3 Å². The molecule has 0 radical (unpaired) electrons. The van der Waals surface area contributed by atoms with Crippen molar-refractivity contribution >= 4 is 17.2 Å². The van der Waals surface area contributed by atoms with Gasteiger partial charge in [-0.15, -0.1) is 11.3 Å². The van der Waals surface area contributed by atoms with Gasteiger partial charge in [0, 0.05) is 17.6 Å². The molecule has 2 rings (SSSR count). The molecule has 0 unspecified atom stereocenters. The summed E-state index contributed by atoms with van der Waals surface area (Å²) in [7, 11) is 0. The van der Waals surface area contributed by atoms with Gasteiger partial charge >= 0.3 is 0 Å². The monoisotopic (exact) mass is 262 g/mol. The number of hydrogen-bond acceptors (Lipinski definition) is 5. The molecule has 0 aliphatic heterocycles. The van der Waals surface area contributed by atoms with E-state index in [2.05, 4.69) is 15.3 Å². The predicted molar refractivity (Wildman–Crippen MR) is 70.1 cm³/mol. The van der Waals surface area contributed by atoms with Crippen LogP contribution in [-0.2, 0) is 13.1 Å². The van der Waals surface area contributed by atoms with Gasteiger partial charge in [-0.3, -0.25) is 9.78 Å². The number of nitrogens with zero attached hydrogens (tertiary/aromatic N) is 2. The maximum absolute atomic E-state index is 11.8. The Morgan fingerprint density at radius 3 is 2.94 bits per heavy atom. The molecule has 0 aliphatic rings. The first-order valence-electron chi connectivity index (χ1n) is 5.54. The van der Waals surface area contributed by atoms with Crippen LogP contribution in [0.15, 0.2) is 23.6 Å². The van der Waals surface area contributed by atoms with E-state index >= 15 is 0 Å². The number of pyridine rings is 1. The van der Waals surface area contributed by atoms with Crippen molar-refractivity contribution in [3.8, 4) is 0 Å². The van der Waals surface area contributed by atoms with Gasteiger partial charge in [-0.05, 0) is 19.1 Å². The normalized spacial score (nSPS) is 10.3. The van der Waals surface area contributed by atoms with Gasteiger partial charge in [0.15, 0.2) is 0 Å². The number of aromatic nitrogens is 2. The molecule has 0 saturated heterocycles. The Kier molecular flexibility index (Phi) is 4.01. The Labute approximate surface area is 109 Å². The molecule has 0 atom stereocenters. The molecule has 0 fully saturated rings. The average molecular weight is 262 g/mol. The van der Waals surface area contributed by atoms with E-state index in [1.165, 1.54) is 11.3 Å². The summed E-state index contributed by atoms with van der Waals surface area (Å²) in [6.45, 7) is 2.67. The first-order chi connectivity index (χ1) is 8.69. The molecule has 2 heterocycles. The first-order valence-corrected chi connectivity index (χ1v) is 6.42. The number of hydrogen-bond donors (Lipinski definition) is 2. The number of nitrogens with one attached hydrogen (secondary N) is 1. The zero-order valence-corrected chi connectivity index (χ0v) is 10.8. The SMILES string of the molecule is Cc1cccc(CNC(=O)c2csc(CN)n2)n1. The summed E-state index contributed by atoms with van der Waals surface area (Å²) >= 11 is 1.39. The first kappa shape index (κ1) is 12.7. The summed E-state index contributed by atoms with van der Waals surface area (Å²) in [5.41, 5.74) is 7.62. The van der Waals surface area contributed by atoms with Gasteiger partial charge in [-0.25, -0.2) is 4.98 Å². The summed E-state index contributed by atoms with van der Waals surface area (Å²) in [5.74, 6) is -0.200. The number of nitrogens with two attached hydrogens (primary N) is 1. The Morgan fingerprint density at radius 1 is 1.44 bits per heavy atom. The second kappa shape index (κ2) is 5.70. The lowest BCUT2D eigenvalue weighted by molar-refractivity contribution is 0.0946. The van der Waals surface area contributed by atoms with E-state index in [4.69, 9.17) is 5.73 Å². The largest absolute Gasteiger partial charge is 0.345 e. The van der Waals surface area contributed by atoms with Gasteiger partial charge in [-0.1, -0.05) is 6.07 Å². The number of amides is 1. The molecule has 94 valence electrons. The van der Waals surface area contributed by atoms with Crippen molar-refractivity contribution in [1.29, 1.82) is 0 Å². The van der Waals surface area contributed by atoms with Crippen LogP contribution in [0.2, 0.25) is 0 Å². The van der Waals surface area contributed by atoms with Gasteiger partial charge < -0.3 is 11.1 Å². The summed E-state index contributed by atoms with van der Waals surface area (Å²) < 4.78 is 0. The van der Waals surface area contributed by atoms with Gasteiger partial charge in [0.2, 0.25) is 0 Å². The molecule has 3 N–H and O–H groups in total. The minimum atomic E-state index is -0.200. The smallest absolute Gasteiger partial charge is 0.271 e. The van der Waals surface area contributed by atoms with Crippen molar-refractivity contribution in [2.75, 3.05) is 0 Å². The molecule has 2 aromatic rings. The van der Waals surface area contributed by atoms with Crippen molar-refractivity contribution in [2.45, 2.75) is 20.0 Å². The maximum atomic E-state index is 11.8. The highest BCUT2D eigenvalue weighted by Crippen LogP contribution is 2.08. The number of thiazole rings is 1. The molecule has 6 heteroatoms. The zero-order valence-electron chi connectivity index (χ0n) is 10.0. The minimum Gasteiger partial charge on any atom is -0.345 e.